The van der Waals surface area contributed by atoms with E-state index in [9.17, 15) is 4.79 Å². The van der Waals surface area contributed by atoms with Gasteiger partial charge in [-0.1, -0.05) is 12.1 Å². The van der Waals surface area contributed by atoms with Gasteiger partial charge < -0.3 is 14.6 Å². The molecule has 20 heavy (non-hydrogen) atoms. The Hall–Kier alpha value is -2.47. The van der Waals surface area contributed by atoms with Crippen LogP contribution in [0.4, 0.5) is 0 Å². The fraction of sp³-hybridized carbons (Fsp3) is 0.214. The van der Waals surface area contributed by atoms with Crippen molar-refractivity contribution in [3.63, 3.8) is 0 Å². The molecule has 0 saturated carbocycles. The quantitative estimate of drug-likeness (QED) is 0.901. The molecule has 0 atom stereocenters. The highest BCUT2D eigenvalue weighted by molar-refractivity contribution is 5.85. The highest BCUT2D eigenvalue weighted by Crippen LogP contribution is 2.20. The van der Waals surface area contributed by atoms with Crippen LogP contribution in [0.5, 0.6) is 11.8 Å². The van der Waals surface area contributed by atoms with Gasteiger partial charge in [0.25, 0.3) is 0 Å². The van der Waals surface area contributed by atoms with E-state index in [1.54, 1.807) is 26.2 Å². The minimum atomic E-state index is -1.12. The summed E-state index contributed by atoms with van der Waals surface area (Å²) >= 11 is 0. The first kappa shape index (κ1) is 14.0. The molecule has 1 heterocycles. The molecule has 0 saturated heterocycles. The molecule has 104 valence electrons. The Balaban J connectivity index is 2.25. The van der Waals surface area contributed by atoms with Gasteiger partial charge in [-0.15, -0.1) is 0 Å². The van der Waals surface area contributed by atoms with E-state index in [0.717, 1.165) is 5.56 Å². The Morgan fingerprint density at radius 1 is 1.30 bits per heavy atom. The van der Waals surface area contributed by atoms with Crippen LogP contribution < -0.4 is 4.74 Å². The Labute approximate surface area is 116 Å². The van der Waals surface area contributed by atoms with Crippen LogP contribution in [0.25, 0.3) is 0 Å². The van der Waals surface area contributed by atoms with Crippen molar-refractivity contribution in [1.82, 2.24) is 9.97 Å². The van der Waals surface area contributed by atoms with Crippen molar-refractivity contribution in [2.75, 3.05) is 7.11 Å². The average Bonchev–Trinajstić information content (AvgIpc) is 2.38. The highest BCUT2D eigenvalue weighted by Gasteiger charge is 2.10. The monoisotopic (exact) mass is 274 g/mol. The summed E-state index contributed by atoms with van der Waals surface area (Å²) in [4.78, 5) is 18.8. The minimum absolute atomic E-state index is 0.0111. The van der Waals surface area contributed by atoms with Crippen LogP contribution in [0.2, 0.25) is 0 Å². The summed E-state index contributed by atoms with van der Waals surface area (Å²) in [5, 5.41) is 8.95. The van der Waals surface area contributed by atoms with Gasteiger partial charge in [-0.25, -0.2) is 9.78 Å². The van der Waals surface area contributed by atoms with E-state index in [1.165, 1.54) is 6.07 Å². The Bertz CT molecular complexity index is 628. The largest absolute Gasteiger partial charge is 0.477 e. The lowest BCUT2D eigenvalue weighted by Gasteiger charge is -2.07. The van der Waals surface area contributed by atoms with Gasteiger partial charge in [-0.2, -0.15) is 4.98 Å². The summed E-state index contributed by atoms with van der Waals surface area (Å²) < 4.78 is 10.5. The number of carboxylic acid groups (broad SMARTS) is 1. The van der Waals surface area contributed by atoms with Crippen molar-refractivity contribution in [3.8, 4) is 11.8 Å². The second-order valence-electron chi connectivity index (χ2n) is 4.16. The van der Waals surface area contributed by atoms with Crippen LogP contribution in [-0.4, -0.2) is 28.2 Å². The molecule has 0 spiro atoms. The molecule has 1 aromatic carbocycles. The summed E-state index contributed by atoms with van der Waals surface area (Å²) in [5.41, 5.74) is 1.37. The molecular formula is C14H14N2O4. The summed E-state index contributed by atoms with van der Waals surface area (Å²) in [5.74, 6) is -0.588. The fourth-order valence-corrected chi connectivity index (χ4v) is 1.67. The van der Waals surface area contributed by atoms with Crippen molar-refractivity contribution in [1.29, 1.82) is 0 Å². The van der Waals surface area contributed by atoms with E-state index in [1.807, 2.05) is 12.1 Å². The minimum Gasteiger partial charge on any atom is -0.477 e. The van der Waals surface area contributed by atoms with E-state index < -0.39 is 5.97 Å². The van der Waals surface area contributed by atoms with Crippen LogP contribution in [0.1, 0.15) is 21.7 Å². The Morgan fingerprint density at radius 3 is 2.80 bits per heavy atom. The van der Waals surface area contributed by atoms with Crippen molar-refractivity contribution < 1.29 is 19.4 Å². The first-order valence-corrected chi connectivity index (χ1v) is 5.93. The normalized spacial score (nSPS) is 10.3. The van der Waals surface area contributed by atoms with Crippen molar-refractivity contribution >= 4 is 5.97 Å². The molecular weight excluding hydrogens is 260 g/mol. The third-order valence-electron chi connectivity index (χ3n) is 2.47. The number of hydrogen-bond donors (Lipinski definition) is 1. The maximum atomic E-state index is 10.9. The number of methoxy groups -OCH3 is 1. The molecule has 0 aliphatic rings. The molecule has 2 rings (SSSR count). The second kappa shape index (κ2) is 6.12. The predicted octanol–water partition coefficient (Wildman–Crippen LogP) is 2.42. The molecule has 0 amide bonds. The van der Waals surface area contributed by atoms with Gasteiger partial charge >= 0.3 is 12.0 Å². The predicted molar refractivity (Wildman–Crippen MR) is 71.0 cm³/mol. The number of benzene rings is 1. The zero-order valence-electron chi connectivity index (χ0n) is 11.2. The topological polar surface area (TPSA) is 81.5 Å². The number of aromatic nitrogens is 2. The van der Waals surface area contributed by atoms with E-state index in [0.29, 0.717) is 18.1 Å². The third kappa shape index (κ3) is 3.52. The molecule has 0 fully saturated rings. The molecule has 1 N–H and O–H groups in total. The first-order valence-electron chi connectivity index (χ1n) is 5.93. The van der Waals surface area contributed by atoms with E-state index in [-0.39, 0.29) is 11.7 Å². The lowest BCUT2D eigenvalue weighted by molar-refractivity contribution is 0.0689. The van der Waals surface area contributed by atoms with Crippen molar-refractivity contribution in [3.05, 3.63) is 47.3 Å². The van der Waals surface area contributed by atoms with Crippen molar-refractivity contribution in [2.45, 2.75) is 13.5 Å². The zero-order chi connectivity index (χ0) is 14.5. The van der Waals surface area contributed by atoms with Gasteiger partial charge in [0.2, 0.25) is 0 Å². The van der Waals surface area contributed by atoms with Gasteiger partial charge in [0.1, 0.15) is 5.75 Å². The SMILES string of the molecule is COCc1cccc(Oc2nc(C)cc(C(=O)O)n2)c1. The first-order chi connectivity index (χ1) is 9.58. The molecule has 0 bridgehead atoms. The number of rotatable bonds is 5. The van der Waals surface area contributed by atoms with Gasteiger partial charge in [0.05, 0.1) is 6.61 Å². The van der Waals surface area contributed by atoms with Crippen LogP contribution in [-0.2, 0) is 11.3 Å². The van der Waals surface area contributed by atoms with Crippen LogP contribution in [0.3, 0.4) is 0 Å². The summed E-state index contributed by atoms with van der Waals surface area (Å²) in [6, 6.07) is 8.64. The van der Waals surface area contributed by atoms with E-state index >= 15 is 0 Å². The summed E-state index contributed by atoms with van der Waals surface area (Å²) in [7, 11) is 1.61. The van der Waals surface area contributed by atoms with Gasteiger partial charge in [0, 0.05) is 12.8 Å². The molecule has 6 nitrogen and oxygen atoms in total. The number of carbonyl (C=O) groups is 1. The average molecular weight is 274 g/mol. The Kier molecular flexibility index (Phi) is 4.27. The molecule has 0 unspecified atom stereocenters. The van der Waals surface area contributed by atoms with E-state index in [4.69, 9.17) is 14.6 Å². The number of hydrogen-bond acceptors (Lipinski definition) is 5. The standard InChI is InChI=1S/C14H14N2O4/c1-9-6-12(13(17)18)16-14(15-9)20-11-5-3-4-10(7-11)8-19-2/h3-7H,8H2,1-2H3,(H,17,18). The lowest BCUT2D eigenvalue weighted by Crippen LogP contribution is -2.04. The Morgan fingerprint density at radius 2 is 2.10 bits per heavy atom. The van der Waals surface area contributed by atoms with Crippen LogP contribution in [0.15, 0.2) is 30.3 Å². The molecule has 0 aliphatic heterocycles. The highest BCUT2D eigenvalue weighted by atomic mass is 16.5. The molecule has 1 aromatic heterocycles. The number of aromatic carboxylic acids is 1. The van der Waals surface area contributed by atoms with Gasteiger partial charge in [-0.3, -0.25) is 0 Å². The molecule has 6 heteroatoms. The van der Waals surface area contributed by atoms with Crippen LogP contribution >= 0.6 is 0 Å². The summed E-state index contributed by atoms with van der Waals surface area (Å²) in [6.07, 6.45) is 0. The molecule has 2 aromatic rings. The lowest BCUT2D eigenvalue weighted by atomic mass is 10.2. The summed E-state index contributed by atoms with van der Waals surface area (Å²) in [6.45, 7) is 2.15. The number of ether oxygens (including phenoxy) is 2. The fourth-order valence-electron chi connectivity index (χ4n) is 1.67. The smallest absolute Gasteiger partial charge is 0.354 e. The number of aryl methyl sites for hydroxylation is 1. The maximum absolute atomic E-state index is 10.9. The second-order valence-corrected chi connectivity index (χ2v) is 4.16. The van der Waals surface area contributed by atoms with Crippen LogP contribution in [0, 0.1) is 6.92 Å². The number of nitrogens with zero attached hydrogens (tertiary/aromatic N) is 2. The zero-order valence-corrected chi connectivity index (χ0v) is 11.2. The third-order valence-corrected chi connectivity index (χ3v) is 2.47. The van der Waals surface area contributed by atoms with Crippen molar-refractivity contribution in [2.24, 2.45) is 0 Å². The molecule has 0 aliphatic carbocycles. The maximum Gasteiger partial charge on any atom is 0.354 e. The van der Waals surface area contributed by atoms with Gasteiger partial charge in [-0.05, 0) is 30.7 Å². The number of carboxylic acids is 1. The molecule has 0 radical (unpaired) electrons. The van der Waals surface area contributed by atoms with E-state index in [2.05, 4.69) is 9.97 Å². The van der Waals surface area contributed by atoms with Gasteiger partial charge in [0.15, 0.2) is 5.69 Å².